The molecule has 0 heterocycles. The van der Waals surface area contributed by atoms with Crippen molar-refractivity contribution in [3.05, 3.63) is 84.0 Å². The molecule has 34 heavy (non-hydrogen) atoms. The van der Waals surface area contributed by atoms with Gasteiger partial charge in [0, 0.05) is 6.42 Å². The van der Waals surface area contributed by atoms with Crippen molar-refractivity contribution in [1.29, 1.82) is 0 Å². The van der Waals surface area contributed by atoms with Crippen molar-refractivity contribution < 1.29 is 23.1 Å². The number of primary amides is 1. The molecule has 11 heteroatoms. The summed E-state index contributed by atoms with van der Waals surface area (Å²) >= 11 is 0. The Kier molecular flexibility index (Phi) is 7.61. The van der Waals surface area contributed by atoms with E-state index in [-0.39, 0.29) is 23.4 Å². The molecule has 2 aromatic carbocycles. The fourth-order valence-electron chi connectivity index (χ4n) is 3.51. The van der Waals surface area contributed by atoms with Crippen molar-refractivity contribution in [2.24, 2.45) is 16.6 Å². The number of aliphatic imine (C=N–C) groups is 1. The Balaban J connectivity index is 1.97. The van der Waals surface area contributed by atoms with Gasteiger partial charge in [0.2, 0.25) is 10.0 Å². The first kappa shape index (κ1) is 24.8. The first-order valence-corrected chi connectivity index (χ1v) is 11.8. The molecular formula is C23H25N5O5S. The van der Waals surface area contributed by atoms with Gasteiger partial charge < -0.3 is 10.8 Å². The van der Waals surface area contributed by atoms with Crippen molar-refractivity contribution in [1.82, 2.24) is 9.73 Å². The van der Waals surface area contributed by atoms with Gasteiger partial charge in [-0.25, -0.2) is 29.1 Å². The summed E-state index contributed by atoms with van der Waals surface area (Å²) in [5.74, 6) is 4.44. The lowest BCUT2D eigenvalue weighted by molar-refractivity contribution is -0.136. The number of nitrogens with zero attached hydrogens (tertiary/aromatic N) is 2. The summed E-state index contributed by atoms with van der Waals surface area (Å²) in [6, 6.07) is 14.0. The van der Waals surface area contributed by atoms with Crippen molar-refractivity contribution in [2.45, 2.75) is 29.7 Å². The van der Waals surface area contributed by atoms with Crippen LogP contribution in [0.15, 0.2) is 88.3 Å². The summed E-state index contributed by atoms with van der Waals surface area (Å²) in [5, 5.41) is 9.62. The predicted molar refractivity (Wildman–Crippen MR) is 127 cm³/mol. The summed E-state index contributed by atoms with van der Waals surface area (Å²) in [7, 11) is -4.05. The van der Waals surface area contributed by atoms with Crippen molar-refractivity contribution in [3.8, 4) is 0 Å². The number of hydrogen-bond donors (Lipinski definition) is 4. The highest BCUT2D eigenvalue weighted by Crippen LogP contribution is 2.35. The van der Waals surface area contributed by atoms with Gasteiger partial charge in [0.25, 0.3) is 0 Å². The Morgan fingerprint density at radius 1 is 1.18 bits per heavy atom. The SMILES string of the molecule is NC(=O)N(N)C=Nc1cccc(S(=O)(=O)NC2(c3ccccc3)C=C(CCC(=O)O)C=CC2)c1. The number of allylic oxidation sites excluding steroid dienone is 2. The number of amides is 2. The molecule has 1 aliphatic carbocycles. The molecule has 0 bridgehead atoms. The molecule has 0 saturated carbocycles. The zero-order valence-electron chi connectivity index (χ0n) is 18.2. The fourth-order valence-corrected chi connectivity index (χ4v) is 4.90. The van der Waals surface area contributed by atoms with Gasteiger partial charge >= 0.3 is 12.0 Å². The van der Waals surface area contributed by atoms with Gasteiger partial charge in [-0.15, -0.1) is 0 Å². The average Bonchev–Trinajstić information content (AvgIpc) is 2.82. The molecule has 0 fully saturated rings. The van der Waals surface area contributed by atoms with Crippen LogP contribution in [0.2, 0.25) is 0 Å². The number of carboxylic acid groups (broad SMARTS) is 1. The summed E-state index contributed by atoms with van der Waals surface area (Å²) < 4.78 is 29.7. The minimum absolute atomic E-state index is 0.0462. The van der Waals surface area contributed by atoms with E-state index in [1.165, 1.54) is 18.2 Å². The maximum atomic E-state index is 13.4. The third-order valence-electron chi connectivity index (χ3n) is 5.15. The number of nitrogens with two attached hydrogens (primary N) is 2. The Hall–Kier alpha value is -3.80. The summed E-state index contributed by atoms with van der Waals surface area (Å²) in [6.07, 6.45) is 6.92. The van der Waals surface area contributed by atoms with Crippen LogP contribution in [0.4, 0.5) is 10.5 Å². The highest BCUT2D eigenvalue weighted by Gasteiger charge is 2.36. The summed E-state index contributed by atoms with van der Waals surface area (Å²) in [6.45, 7) is 0. The number of nitrogens with one attached hydrogen (secondary N) is 1. The first-order chi connectivity index (χ1) is 16.1. The maximum absolute atomic E-state index is 13.4. The Labute approximate surface area is 197 Å². The monoisotopic (exact) mass is 483 g/mol. The number of rotatable bonds is 9. The normalized spacial score (nSPS) is 18.0. The number of benzene rings is 2. The van der Waals surface area contributed by atoms with E-state index < -0.39 is 27.6 Å². The van der Waals surface area contributed by atoms with Gasteiger partial charge in [0.1, 0.15) is 6.34 Å². The molecular weight excluding hydrogens is 458 g/mol. The quantitative estimate of drug-likeness (QED) is 0.140. The van der Waals surface area contributed by atoms with E-state index in [0.29, 0.717) is 22.6 Å². The van der Waals surface area contributed by atoms with Crippen LogP contribution in [0.25, 0.3) is 0 Å². The van der Waals surface area contributed by atoms with Crippen LogP contribution in [0.3, 0.4) is 0 Å². The van der Waals surface area contributed by atoms with Gasteiger partial charge in [-0.3, -0.25) is 4.79 Å². The second-order valence-corrected chi connectivity index (χ2v) is 9.33. The lowest BCUT2D eigenvalue weighted by atomic mass is 9.82. The maximum Gasteiger partial charge on any atom is 0.334 e. The minimum Gasteiger partial charge on any atom is -0.481 e. The minimum atomic E-state index is -4.05. The number of carbonyl (C=O) groups is 2. The van der Waals surface area contributed by atoms with E-state index >= 15 is 0 Å². The smallest absolute Gasteiger partial charge is 0.334 e. The molecule has 0 aliphatic heterocycles. The number of carboxylic acids is 1. The van der Waals surface area contributed by atoms with Gasteiger partial charge in [-0.05, 0) is 42.2 Å². The lowest BCUT2D eigenvalue weighted by Gasteiger charge is -2.34. The molecule has 2 aromatic rings. The van der Waals surface area contributed by atoms with Crippen LogP contribution in [0.5, 0.6) is 0 Å². The standard InChI is InChI=1S/C23H25N5O5S/c24-22(31)28(25)16-26-19-9-4-10-20(14-19)34(32,33)27-23(18-7-2-1-3-8-18)13-5-6-17(15-23)11-12-21(29)30/h1-10,14-16,27H,11-13,25H2,(H2,24,31)(H,29,30). The molecule has 178 valence electrons. The topological polar surface area (TPSA) is 168 Å². The molecule has 0 radical (unpaired) electrons. The number of carbonyl (C=O) groups excluding carboxylic acids is 1. The van der Waals surface area contributed by atoms with Gasteiger partial charge in [0.15, 0.2) is 0 Å². The Morgan fingerprint density at radius 2 is 1.91 bits per heavy atom. The van der Waals surface area contributed by atoms with E-state index in [0.717, 1.165) is 6.34 Å². The van der Waals surface area contributed by atoms with Crippen LogP contribution in [-0.4, -0.2) is 36.9 Å². The van der Waals surface area contributed by atoms with Crippen molar-refractivity contribution in [2.75, 3.05) is 0 Å². The second-order valence-electron chi connectivity index (χ2n) is 7.65. The molecule has 1 aliphatic rings. The van der Waals surface area contributed by atoms with E-state index in [2.05, 4.69) is 9.71 Å². The largest absolute Gasteiger partial charge is 0.481 e. The van der Waals surface area contributed by atoms with E-state index in [4.69, 9.17) is 16.7 Å². The van der Waals surface area contributed by atoms with Crippen LogP contribution < -0.4 is 16.3 Å². The number of aliphatic carboxylic acids is 1. The Morgan fingerprint density at radius 3 is 2.59 bits per heavy atom. The predicted octanol–water partition coefficient (Wildman–Crippen LogP) is 2.53. The number of sulfonamides is 1. The second kappa shape index (κ2) is 10.4. The van der Waals surface area contributed by atoms with Crippen LogP contribution in [-0.2, 0) is 20.4 Å². The van der Waals surface area contributed by atoms with Crippen molar-refractivity contribution in [3.63, 3.8) is 0 Å². The molecule has 2 amide bonds. The van der Waals surface area contributed by atoms with E-state index in [9.17, 15) is 18.0 Å². The lowest BCUT2D eigenvalue weighted by Crippen LogP contribution is -2.45. The summed E-state index contributed by atoms with van der Waals surface area (Å²) in [4.78, 5) is 26.0. The van der Waals surface area contributed by atoms with Crippen LogP contribution >= 0.6 is 0 Å². The molecule has 0 aromatic heterocycles. The average molecular weight is 484 g/mol. The zero-order chi connectivity index (χ0) is 24.8. The molecule has 0 spiro atoms. The van der Waals surface area contributed by atoms with Crippen molar-refractivity contribution >= 4 is 34.0 Å². The Bertz CT molecular complexity index is 1260. The zero-order valence-corrected chi connectivity index (χ0v) is 19.0. The van der Waals surface area contributed by atoms with Gasteiger partial charge in [0.05, 0.1) is 16.1 Å². The third kappa shape index (κ3) is 6.16. The highest BCUT2D eigenvalue weighted by atomic mass is 32.2. The fraction of sp³-hybridized carbons (Fsp3) is 0.174. The molecule has 6 N–H and O–H groups in total. The number of hydrazine groups is 1. The number of urea groups is 1. The molecule has 10 nitrogen and oxygen atoms in total. The van der Waals surface area contributed by atoms with E-state index in [1.54, 1.807) is 24.3 Å². The van der Waals surface area contributed by atoms with Crippen LogP contribution in [0, 0.1) is 0 Å². The van der Waals surface area contributed by atoms with Crippen LogP contribution in [0.1, 0.15) is 24.8 Å². The summed E-state index contributed by atoms with van der Waals surface area (Å²) in [5.41, 5.74) is 5.61. The first-order valence-electron chi connectivity index (χ1n) is 10.3. The van der Waals surface area contributed by atoms with E-state index in [1.807, 2.05) is 30.4 Å². The molecule has 3 rings (SSSR count). The number of hydrogen-bond acceptors (Lipinski definition) is 6. The molecule has 1 atom stereocenters. The third-order valence-corrected chi connectivity index (χ3v) is 6.66. The molecule has 0 saturated heterocycles. The van der Waals surface area contributed by atoms with Gasteiger partial charge in [-0.2, -0.15) is 4.72 Å². The van der Waals surface area contributed by atoms with Gasteiger partial charge in [-0.1, -0.05) is 54.6 Å². The highest BCUT2D eigenvalue weighted by molar-refractivity contribution is 7.89. The molecule has 1 unspecified atom stereocenters.